The molecule has 0 aliphatic heterocycles. The predicted octanol–water partition coefficient (Wildman–Crippen LogP) is 2.94. The first-order chi connectivity index (χ1) is 9.04. The first-order valence-corrected chi connectivity index (χ1v) is 7.19. The summed E-state index contributed by atoms with van der Waals surface area (Å²) >= 11 is 7.72. The van der Waals surface area contributed by atoms with Gasteiger partial charge in [-0.15, -0.1) is 11.3 Å². The molecule has 2 aromatic rings. The van der Waals surface area contributed by atoms with Crippen LogP contribution in [0, 0.1) is 13.8 Å². The molecule has 0 amide bonds. The zero-order valence-electron chi connectivity index (χ0n) is 11.2. The summed E-state index contributed by atoms with van der Waals surface area (Å²) in [6.07, 6.45) is 0.813. The smallest absolute Gasteiger partial charge is 0.131 e. The van der Waals surface area contributed by atoms with E-state index >= 15 is 0 Å². The van der Waals surface area contributed by atoms with Crippen LogP contribution < -0.4 is 0 Å². The van der Waals surface area contributed by atoms with Crippen molar-refractivity contribution in [2.45, 2.75) is 26.5 Å². The molecule has 1 atom stereocenters. The Morgan fingerprint density at radius 2 is 2.26 bits per heavy atom. The number of nitrogens with zero attached hydrogens (tertiary/aromatic N) is 2. The van der Waals surface area contributed by atoms with Crippen molar-refractivity contribution in [1.29, 1.82) is 0 Å². The van der Waals surface area contributed by atoms with Gasteiger partial charge < -0.3 is 9.84 Å². The maximum absolute atomic E-state index is 10.5. The van der Waals surface area contributed by atoms with E-state index in [-0.39, 0.29) is 0 Å². The van der Waals surface area contributed by atoms with Gasteiger partial charge in [-0.2, -0.15) is 5.10 Å². The zero-order valence-corrected chi connectivity index (χ0v) is 12.8. The number of aromatic nitrogens is 2. The molecule has 2 heterocycles. The number of methoxy groups -OCH3 is 1. The molecule has 1 unspecified atom stereocenters. The van der Waals surface area contributed by atoms with E-state index in [1.54, 1.807) is 29.3 Å². The lowest BCUT2D eigenvalue weighted by atomic mass is 10.2. The topological polar surface area (TPSA) is 47.3 Å². The van der Waals surface area contributed by atoms with Crippen molar-refractivity contribution in [3.63, 3.8) is 0 Å². The maximum Gasteiger partial charge on any atom is 0.131 e. The first kappa shape index (κ1) is 14.5. The lowest BCUT2D eigenvalue weighted by Gasteiger charge is -2.12. The number of ether oxygens (including phenoxy) is 1. The molecule has 0 aliphatic carbocycles. The number of hydrogen-bond donors (Lipinski definition) is 1. The van der Waals surface area contributed by atoms with Gasteiger partial charge in [0, 0.05) is 16.9 Å². The molecule has 19 heavy (non-hydrogen) atoms. The van der Waals surface area contributed by atoms with Crippen LogP contribution in [-0.4, -0.2) is 28.6 Å². The van der Waals surface area contributed by atoms with Crippen LogP contribution in [0.25, 0.3) is 0 Å². The second-order valence-corrected chi connectivity index (χ2v) is 6.08. The molecule has 0 fully saturated rings. The minimum absolute atomic E-state index is 0.479. The normalized spacial score (nSPS) is 12.9. The van der Waals surface area contributed by atoms with Gasteiger partial charge in [0.05, 0.1) is 30.1 Å². The van der Waals surface area contributed by atoms with E-state index < -0.39 is 6.10 Å². The van der Waals surface area contributed by atoms with E-state index in [1.165, 1.54) is 10.4 Å². The lowest BCUT2D eigenvalue weighted by molar-refractivity contribution is 0.172. The molecule has 0 radical (unpaired) electrons. The van der Waals surface area contributed by atoms with Crippen LogP contribution in [0.4, 0.5) is 0 Å². The van der Waals surface area contributed by atoms with Crippen LogP contribution in [0.1, 0.15) is 27.1 Å². The van der Waals surface area contributed by atoms with Crippen molar-refractivity contribution < 1.29 is 9.84 Å². The molecule has 6 heteroatoms. The third-order valence-electron chi connectivity index (χ3n) is 3.05. The third-order valence-corrected chi connectivity index (χ3v) is 4.55. The fourth-order valence-corrected chi connectivity index (χ4v) is 3.15. The third kappa shape index (κ3) is 3.00. The molecule has 0 saturated carbocycles. The van der Waals surface area contributed by atoms with Gasteiger partial charge in [-0.3, -0.25) is 4.68 Å². The lowest BCUT2D eigenvalue weighted by Crippen LogP contribution is -2.13. The van der Waals surface area contributed by atoms with Crippen molar-refractivity contribution in [1.82, 2.24) is 9.78 Å². The van der Waals surface area contributed by atoms with Crippen molar-refractivity contribution in [3.05, 3.63) is 38.3 Å². The summed E-state index contributed by atoms with van der Waals surface area (Å²) in [6, 6.07) is 1.99. The Morgan fingerprint density at radius 1 is 1.53 bits per heavy atom. The van der Waals surface area contributed by atoms with E-state index in [2.05, 4.69) is 5.10 Å². The standard InChI is InChI=1S/C13H17ClN2O2S/c1-8-6-11(19-9(8)2)13(17)12-10(14)7-15-16(12)4-5-18-3/h6-7,13,17H,4-5H2,1-3H3. The fraction of sp³-hybridized carbons (Fsp3) is 0.462. The summed E-state index contributed by atoms with van der Waals surface area (Å²) in [5.74, 6) is 0. The van der Waals surface area contributed by atoms with Crippen molar-refractivity contribution in [2.24, 2.45) is 0 Å². The number of rotatable bonds is 5. The molecule has 0 aromatic carbocycles. The molecule has 1 N–H and O–H groups in total. The Balaban J connectivity index is 2.32. The van der Waals surface area contributed by atoms with Crippen molar-refractivity contribution in [2.75, 3.05) is 13.7 Å². The highest BCUT2D eigenvalue weighted by atomic mass is 35.5. The van der Waals surface area contributed by atoms with Crippen LogP contribution >= 0.6 is 22.9 Å². The summed E-state index contributed by atoms with van der Waals surface area (Å²) in [7, 11) is 1.63. The number of thiophene rings is 1. The highest BCUT2D eigenvalue weighted by molar-refractivity contribution is 7.12. The van der Waals surface area contributed by atoms with Gasteiger partial charge in [-0.1, -0.05) is 11.6 Å². The summed E-state index contributed by atoms with van der Waals surface area (Å²) in [6.45, 7) is 5.17. The highest BCUT2D eigenvalue weighted by Gasteiger charge is 2.21. The Labute approximate surface area is 121 Å². The first-order valence-electron chi connectivity index (χ1n) is 5.99. The summed E-state index contributed by atoms with van der Waals surface area (Å²) < 4.78 is 6.73. The fourth-order valence-electron chi connectivity index (χ4n) is 1.87. The molecule has 0 saturated heterocycles. The zero-order chi connectivity index (χ0) is 14.0. The Bertz CT molecular complexity index is 545. The minimum atomic E-state index is -0.746. The molecule has 4 nitrogen and oxygen atoms in total. The van der Waals surface area contributed by atoms with Crippen LogP contribution in [0.2, 0.25) is 5.02 Å². The molecule has 0 bridgehead atoms. The molecule has 104 valence electrons. The van der Waals surface area contributed by atoms with E-state index in [0.717, 1.165) is 4.88 Å². The van der Waals surface area contributed by atoms with Gasteiger partial charge in [0.1, 0.15) is 6.10 Å². The van der Waals surface area contributed by atoms with E-state index in [4.69, 9.17) is 16.3 Å². The summed E-state index contributed by atoms with van der Waals surface area (Å²) in [5, 5.41) is 15.2. The number of hydrogen-bond acceptors (Lipinski definition) is 4. The van der Waals surface area contributed by atoms with Gasteiger partial charge in [0.15, 0.2) is 0 Å². The van der Waals surface area contributed by atoms with E-state index in [0.29, 0.717) is 23.9 Å². The van der Waals surface area contributed by atoms with Crippen molar-refractivity contribution in [3.8, 4) is 0 Å². The molecule has 2 rings (SSSR count). The van der Waals surface area contributed by atoms with Crippen LogP contribution in [0.5, 0.6) is 0 Å². The second-order valence-electron chi connectivity index (χ2n) is 4.38. The van der Waals surface area contributed by atoms with E-state index in [9.17, 15) is 5.11 Å². The van der Waals surface area contributed by atoms with Crippen LogP contribution in [-0.2, 0) is 11.3 Å². The molecular formula is C13H17ClN2O2S. The van der Waals surface area contributed by atoms with Gasteiger partial charge in [-0.25, -0.2) is 0 Å². The van der Waals surface area contributed by atoms with Crippen LogP contribution in [0.3, 0.4) is 0 Å². The van der Waals surface area contributed by atoms with Gasteiger partial charge >= 0.3 is 0 Å². The SMILES string of the molecule is COCCn1ncc(Cl)c1C(O)c1cc(C)c(C)s1. The quantitative estimate of drug-likeness (QED) is 0.923. The monoisotopic (exact) mass is 300 g/mol. The number of aryl methyl sites for hydroxylation is 2. The average Bonchev–Trinajstić information content (AvgIpc) is 2.90. The van der Waals surface area contributed by atoms with Gasteiger partial charge in [0.2, 0.25) is 0 Å². The Hall–Kier alpha value is -0.880. The number of aliphatic hydroxyl groups is 1. The van der Waals surface area contributed by atoms with Gasteiger partial charge in [0.25, 0.3) is 0 Å². The largest absolute Gasteiger partial charge is 0.383 e. The minimum Gasteiger partial charge on any atom is -0.383 e. The van der Waals surface area contributed by atoms with Crippen molar-refractivity contribution >= 4 is 22.9 Å². The molecule has 0 spiro atoms. The predicted molar refractivity (Wildman–Crippen MR) is 77.0 cm³/mol. The Kier molecular flexibility index (Phi) is 4.62. The average molecular weight is 301 g/mol. The number of halogens is 1. The van der Waals surface area contributed by atoms with Gasteiger partial charge in [-0.05, 0) is 25.5 Å². The van der Waals surface area contributed by atoms with Crippen LogP contribution in [0.15, 0.2) is 12.3 Å². The molecular weight excluding hydrogens is 284 g/mol. The second kappa shape index (κ2) is 6.05. The summed E-state index contributed by atoms with van der Waals surface area (Å²) in [4.78, 5) is 2.09. The summed E-state index contributed by atoms with van der Waals surface area (Å²) in [5.41, 5.74) is 1.80. The van der Waals surface area contributed by atoms with E-state index in [1.807, 2.05) is 19.9 Å². The molecule has 0 aliphatic rings. The Morgan fingerprint density at radius 3 is 2.84 bits per heavy atom. The maximum atomic E-state index is 10.5. The number of aliphatic hydroxyl groups excluding tert-OH is 1. The molecule has 2 aromatic heterocycles. The highest BCUT2D eigenvalue weighted by Crippen LogP contribution is 2.33.